The average Bonchev–Trinajstić information content (AvgIpc) is 3.18. The Hall–Kier alpha value is -0.810. The SMILES string of the molecule is CCCCCCCCCCCCCCCCCCCCCCCCC(=O)N[C@@H](CO[C@H]1O[C@@H](CO)[C@H](O)C(O)C1O)[C@H](O)CCCCCCCCCCCC. The Labute approximate surface area is 338 Å². The Morgan fingerprint density at radius 3 is 1.29 bits per heavy atom. The summed E-state index contributed by atoms with van der Waals surface area (Å²) in [6, 6.07) is -0.710. The monoisotopic (exact) mass is 786 g/mol. The summed E-state index contributed by atoms with van der Waals surface area (Å²) in [6.07, 6.45) is 34.1. The van der Waals surface area contributed by atoms with Crippen molar-refractivity contribution in [3.05, 3.63) is 0 Å². The van der Waals surface area contributed by atoms with Crippen molar-refractivity contribution in [3.63, 3.8) is 0 Å². The van der Waals surface area contributed by atoms with E-state index in [0.29, 0.717) is 12.8 Å². The molecule has 0 aromatic rings. The van der Waals surface area contributed by atoms with Crippen molar-refractivity contribution in [2.24, 2.45) is 0 Å². The van der Waals surface area contributed by atoms with Crippen molar-refractivity contribution >= 4 is 5.91 Å². The van der Waals surface area contributed by atoms with Crippen LogP contribution in [-0.2, 0) is 14.3 Å². The lowest BCUT2D eigenvalue weighted by atomic mass is 9.99. The van der Waals surface area contributed by atoms with E-state index in [1.165, 1.54) is 167 Å². The van der Waals surface area contributed by atoms with Gasteiger partial charge in [0.1, 0.15) is 24.4 Å². The zero-order chi connectivity index (χ0) is 40.2. The molecular formula is C46H91NO8. The summed E-state index contributed by atoms with van der Waals surface area (Å²) in [7, 11) is 0. The number of amides is 1. The molecule has 1 aliphatic heterocycles. The van der Waals surface area contributed by atoms with Gasteiger partial charge in [0.15, 0.2) is 6.29 Å². The molecule has 2 unspecified atom stereocenters. The summed E-state index contributed by atoms with van der Waals surface area (Å²) in [4.78, 5) is 13.0. The fourth-order valence-electron chi connectivity index (χ4n) is 7.87. The topological polar surface area (TPSA) is 149 Å². The van der Waals surface area contributed by atoms with Gasteiger partial charge in [0.25, 0.3) is 0 Å². The van der Waals surface area contributed by atoms with E-state index >= 15 is 0 Å². The predicted molar refractivity (Wildman–Crippen MR) is 226 cm³/mol. The Morgan fingerprint density at radius 2 is 0.909 bits per heavy atom. The summed E-state index contributed by atoms with van der Waals surface area (Å²) in [5.41, 5.74) is 0. The molecule has 9 heteroatoms. The fourth-order valence-corrected chi connectivity index (χ4v) is 7.87. The minimum absolute atomic E-state index is 0.132. The van der Waals surface area contributed by atoms with Crippen molar-refractivity contribution in [2.75, 3.05) is 13.2 Å². The van der Waals surface area contributed by atoms with Crippen LogP contribution in [0.3, 0.4) is 0 Å². The smallest absolute Gasteiger partial charge is 0.220 e. The quantitative estimate of drug-likeness (QED) is 0.0337. The van der Waals surface area contributed by atoms with Crippen molar-refractivity contribution in [3.8, 4) is 0 Å². The molecule has 0 saturated carbocycles. The van der Waals surface area contributed by atoms with Crippen LogP contribution in [0, 0.1) is 0 Å². The highest BCUT2D eigenvalue weighted by molar-refractivity contribution is 5.76. The molecule has 0 radical (unpaired) electrons. The molecule has 0 spiro atoms. The zero-order valence-corrected chi connectivity index (χ0v) is 36.0. The molecule has 0 aliphatic carbocycles. The molecule has 0 aromatic heterocycles. The number of carbonyl (C=O) groups excluding carboxylic acids is 1. The number of carbonyl (C=O) groups is 1. The van der Waals surface area contributed by atoms with E-state index in [4.69, 9.17) is 9.47 Å². The van der Waals surface area contributed by atoms with Crippen molar-refractivity contribution in [1.82, 2.24) is 5.32 Å². The minimum atomic E-state index is -1.55. The van der Waals surface area contributed by atoms with Crippen LogP contribution in [-0.4, -0.2) is 87.5 Å². The van der Waals surface area contributed by atoms with Crippen LogP contribution in [0.4, 0.5) is 0 Å². The highest BCUT2D eigenvalue weighted by Gasteiger charge is 2.44. The van der Waals surface area contributed by atoms with E-state index in [-0.39, 0.29) is 12.5 Å². The zero-order valence-electron chi connectivity index (χ0n) is 36.0. The molecule has 6 N–H and O–H groups in total. The van der Waals surface area contributed by atoms with Gasteiger partial charge in [-0.05, 0) is 12.8 Å². The first-order valence-electron chi connectivity index (χ1n) is 23.7. The average molecular weight is 786 g/mol. The van der Waals surface area contributed by atoms with Crippen LogP contribution in [0.1, 0.15) is 232 Å². The lowest BCUT2D eigenvalue weighted by Gasteiger charge is -2.40. The summed E-state index contributed by atoms with van der Waals surface area (Å²) in [6.45, 7) is 3.83. The molecule has 0 bridgehead atoms. The molecular weight excluding hydrogens is 695 g/mol. The highest BCUT2D eigenvalue weighted by Crippen LogP contribution is 2.23. The van der Waals surface area contributed by atoms with E-state index in [9.17, 15) is 30.3 Å². The number of rotatable bonds is 40. The summed E-state index contributed by atoms with van der Waals surface area (Å²) >= 11 is 0. The maximum Gasteiger partial charge on any atom is 0.220 e. The Bertz CT molecular complexity index is 832. The third kappa shape index (κ3) is 28.3. The highest BCUT2D eigenvalue weighted by atomic mass is 16.7. The summed E-state index contributed by atoms with van der Waals surface area (Å²) < 4.78 is 11.2. The molecule has 1 saturated heterocycles. The Kier molecular flexibility index (Phi) is 35.6. The molecule has 55 heavy (non-hydrogen) atoms. The van der Waals surface area contributed by atoms with E-state index in [1.54, 1.807) is 0 Å². The lowest BCUT2D eigenvalue weighted by Crippen LogP contribution is -2.60. The standard InChI is InChI=1S/C46H91NO8/c1-3-5-7-9-11-13-15-16-17-18-19-20-21-22-23-24-25-26-28-30-32-34-36-42(50)47-39(38-54-46-45(53)44(52)43(51)41(37-48)55-46)40(49)35-33-31-29-27-14-12-10-8-6-4-2/h39-41,43-46,48-49,51-53H,3-38H2,1-2H3,(H,47,50)/t39-,40+,41-,43-,44?,45?,46-/m0/s1. The second-order valence-corrected chi connectivity index (χ2v) is 16.9. The van der Waals surface area contributed by atoms with Gasteiger partial charge in [-0.3, -0.25) is 4.79 Å². The second-order valence-electron chi connectivity index (χ2n) is 16.9. The third-order valence-electron chi connectivity index (χ3n) is 11.7. The van der Waals surface area contributed by atoms with Gasteiger partial charge in [-0.15, -0.1) is 0 Å². The Balaban J connectivity index is 2.22. The molecule has 328 valence electrons. The summed E-state index contributed by atoms with van der Waals surface area (Å²) in [5.74, 6) is -0.141. The van der Waals surface area contributed by atoms with Crippen LogP contribution >= 0.6 is 0 Å². The molecule has 0 aromatic carbocycles. The number of hydrogen-bond donors (Lipinski definition) is 6. The van der Waals surface area contributed by atoms with Gasteiger partial charge in [0.05, 0.1) is 25.4 Å². The molecule has 1 aliphatic rings. The molecule has 1 fully saturated rings. The normalized spacial score (nSPS) is 21.2. The molecule has 1 amide bonds. The van der Waals surface area contributed by atoms with Crippen LogP contribution in [0.5, 0.6) is 0 Å². The van der Waals surface area contributed by atoms with Crippen molar-refractivity contribution < 1.29 is 39.8 Å². The number of aliphatic hydroxyl groups is 5. The van der Waals surface area contributed by atoms with Gasteiger partial charge in [-0.2, -0.15) is 0 Å². The van der Waals surface area contributed by atoms with Crippen molar-refractivity contribution in [1.29, 1.82) is 0 Å². The van der Waals surface area contributed by atoms with Crippen LogP contribution in [0.15, 0.2) is 0 Å². The van der Waals surface area contributed by atoms with Gasteiger partial charge < -0.3 is 40.3 Å². The molecule has 1 heterocycles. The first-order valence-corrected chi connectivity index (χ1v) is 23.7. The lowest BCUT2D eigenvalue weighted by molar-refractivity contribution is -0.302. The molecule has 1 rings (SSSR count). The van der Waals surface area contributed by atoms with Crippen LogP contribution in [0.25, 0.3) is 0 Å². The van der Waals surface area contributed by atoms with E-state index in [1.807, 2.05) is 0 Å². The van der Waals surface area contributed by atoms with E-state index in [0.717, 1.165) is 38.5 Å². The number of unbranched alkanes of at least 4 members (excludes halogenated alkanes) is 30. The van der Waals surface area contributed by atoms with Gasteiger partial charge in [-0.1, -0.05) is 213 Å². The first kappa shape index (κ1) is 52.2. The second kappa shape index (κ2) is 37.5. The fraction of sp³-hybridized carbons (Fsp3) is 0.978. The Morgan fingerprint density at radius 1 is 0.545 bits per heavy atom. The largest absolute Gasteiger partial charge is 0.394 e. The maximum absolute atomic E-state index is 13.0. The van der Waals surface area contributed by atoms with Gasteiger partial charge in [0, 0.05) is 6.42 Å². The summed E-state index contributed by atoms with van der Waals surface area (Å²) in [5, 5.41) is 54.2. The van der Waals surface area contributed by atoms with Crippen molar-refractivity contribution in [2.45, 2.75) is 275 Å². The van der Waals surface area contributed by atoms with Crippen LogP contribution < -0.4 is 5.32 Å². The number of hydrogen-bond acceptors (Lipinski definition) is 8. The third-order valence-corrected chi connectivity index (χ3v) is 11.7. The van der Waals surface area contributed by atoms with Gasteiger partial charge >= 0.3 is 0 Å². The first-order chi connectivity index (χ1) is 26.8. The minimum Gasteiger partial charge on any atom is -0.394 e. The van der Waals surface area contributed by atoms with E-state index < -0.39 is 49.5 Å². The number of aliphatic hydroxyl groups excluding tert-OH is 5. The van der Waals surface area contributed by atoms with Crippen LogP contribution in [0.2, 0.25) is 0 Å². The molecule has 9 nitrogen and oxygen atoms in total. The van der Waals surface area contributed by atoms with E-state index in [2.05, 4.69) is 19.2 Å². The van der Waals surface area contributed by atoms with Gasteiger partial charge in [-0.25, -0.2) is 0 Å². The maximum atomic E-state index is 13.0. The number of nitrogens with one attached hydrogen (secondary N) is 1. The predicted octanol–water partition coefficient (Wildman–Crippen LogP) is 9.95. The van der Waals surface area contributed by atoms with Gasteiger partial charge in [0.2, 0.25) is 5.91 Å². The molecule has 7 atom stereocenters. The number of ether oxygens (including phenoxy) is 2.